The first-order chi connectivity index (χ1) is 12.7. The smallest absolute Gasteiger partial charge is 0.408 e. The van der Waals surface area contributed by atoms with Crippen molar-refractivity contribution in [3.63, 3.8) is 0 Å². The Balaban J connectivity index is 2.39. The second-order valence-corrected chi connectivity index (χ2v) is 7.31. The highest BCUT2D eigenvalue weighted by Crippen LogP contribution is 2.07. The summed E-state index contributed by atoms with van der Waals surface area (Å²) in [6.45, 7) is 8.39. The first-order valence-electron chi connectivity index (χ1n) is 9.24. The van der Waals surface area contributed by atoms with Gasteiger partial charge in [-0.2, -0.15) is 0 Å². The first-order valence-corrected chi connectivity index (χ1v) is 9.24. The van der Waals surface area contributed by atoms with E-state index in [1.807, 2.05) is 30.3 Å². The minimum absolute atomic E-state index is 0.143. The van der Waals surface area contributed by atoms with Crippen molar-refractivity contribution in [2.24, 2.45) is 0 Å². The number of amides is 2. The monoisotopic (exact) mass is 380 g/mol. The van der Waals surface area contributed by atoms with Crippen LogP contribution in [0.1, 0.15) is 39.7 Å². The number of alkyl carbamates (subject to hydrolysis) is 1. The fraction of sp³-hybridized carbons (Fsp3) is 0.600. The normalized spacial score (nSPS) is 12.3. The van der Waals surface area contributed by atoms with Crippen LogP contribution in [-0.2, 0) is 20.9 Å². The molecule has 1 atom stereocenters. The Labute approximate surface area is 161 Å². The third-order valence-corrected chi connectivity index (χ3v) is 3.61. The van der Waals surface area contributed by atoms with Crippen molar-refractivity contribution in [1.29, 1.82) is 0 Å². The molecule has 2 N–H and O–H groups in total. The average Bonchev–Trinajstić information content (AvgIpc) is 2.59. The molecule has 0 saturated heterocycles. The van der Waals surface area contributed by atoms with E-state index in [9.17, 15) is 14.7 Å². The molecular formula is C20H32N2O5. The van der Waals surface area contributed by atoms with Crippen molar-refractivity contribution < 1.29 is 24.2 Å². The quantitative estimate of drug-likeness (QED) is 0.608. The topological polar surface area (TPSA) is 88.1 Å². The zero-order chi connectivity index (χ0) is 20.3. The number of aliphatic hydroxyl groups excluding tert-OH is 1. The van der Waals surface area contributed by atoms with Gasteiger partial charge < -0.3 is 24.8 Å². The molecule has 152 valence electrons. The van der Waals surface area contributed by atoms with Gasteiger partial charge in [0, 0.05) is 19.7 Å². The Hall–Kier alpha value is -2.12. The summed E-state index contributed by atoms with van der Waals surface area (Å²) < 4.78 is 10.8. The van der Waals surface area contributed by atoms with Crippen LogP contribution in [0.15, 0.2) is 30.3 Å². The van der Waals surface area contributed by atoms with Gasteiger partial charge in [0.25, 0.3) is 0 Å². The zero-order valence-electron chi connectivity index (χ0n) is 16.7. The maximum atomic E-state index is 12.5. The molecule has 0 aliphatic carbocycles. The molecule has 0 fully saturated rings. The summed E-state index contributed by atoms with van der Waals surface area (Å²) in [7, 11) is 0. The number of nitrogens with one attached hydrogen (secondary N) is 1. The van der Waals surface area contributed by atoms with E-state index in [0.29, 0.717) is 26.2 Å². The summed E-state index contributed by atoms with van der Waals surface area (Å²) in [6, 6.07) is 9.11. The van der Waals surface area contributed by atoms with Crippen LogP contribution in [0.3, 0.4) is 0 Å². The number of nitrogens with zero attached hydrogens (tertiary/aromatic N) is 1. The summed E-state index contributed by atoms with van der Waals surface area (Å²) in [5.41, 5.74) is 0.462. The van der Waals surface area contributed by atoms with Crippen molar-refractivity contribution in [2.75, 3.05) is 26.3 Å². The van der Waals surface area contributed by atoms with Crippen molar-refractivity contribution in [2.45, 2.75) is 52.4 Å². The minimum atomic E-state index is -0.739. The molecule has 1 aromatic rings. The van der Waals surface area contributed by atoms with Crippen LogP contribution in [0.2, 0.25) is 0 Å². The largest absolute Gasteiger partial charge is 0.444 e. The fourth-order valence-corrected chi connectivity index (χ4v) is 2.39. The van der Waals surface area contributed by atoms with Crippen molar-refractivity contribution in [1.82, 2.24) is 10.2 Å². The van der Waals surface area contributed by atoms with E-state index in [0.717, 1.165) is 5.56 Å². The van der Waals surface area contributed by atoms with E-state index in [1.165, 1.54) is 4.90 Å². The van der Waals surface area contributed by atoms with Gasteiger partial charge in [-0.15, -0.1) is 0 Å². The first kappa shape index (κ1) is 22.9. The molecule has 0 unspecified atom stereocenters. The third kappa shape index (κ3) is 9.96. The Kier molecular flexibility index (Phi) is 9.82. The molecule has 0 aromatic heterocycles. The van der Waals surface area contributed by atoms with Gasteiger partial charge in [0.2, 0.25) is 5.91 Å². The van der Waals surface area contributed by atoms with Gasteiger partial charge in [-0.3, -0.25) is 4.79 Å². The molecule has 7 nitrogen and oxygen atoms in total. The molecule has 2 amide bonds. The summed E-state index contributed by atoms with van der Waals surface area (Å²) in [4.78, 5) is 25.9. The molecular weight excluding hydrogens is 348 g/mol. The van der Waals surface area contributed by atoms with Gasteiger partial charge in [-0.1, -0.05) is 30.3 Å². The number of benzene rings is 1. The lowest BCUT2D eigenvalue weighted by molar-refractivity contribution is -0.133. The third-order valence-electron chi connectivity index (χ3n) is 3.61. The Morgan fingerprint density at radius 2 is 1.85 bits per heavy atom. The number of aliphatic hydroxyl groups is 1. The molecule has 1 rings (SSSR count). The van der Waals surface area contributed by atoms with Gasteiger partial charge in [-0.05, 0) is 39.7 Å². The molecule has 0 aliphatic heterocycles. The van der Waals surface area contributed by atoms with Crippen LogP contribution < -0.4 is 5.32 Å². The maximum absolute atomic E-state index is 12.5. The summed E-state index contributed by atoms with van der Waals surface area (Å²) in [5, 5.41) is 11.7. The Morgan fingerprint density at radius 3 is 2.44 bits per heavy atom. The van der Waals surface area contributed by atoms with Gasteiger partial charge in [-0.25, -0.2) is 4.79 Å². The second kappa shape index (κ2) is 11.6. The van der Waals surface area contributed by atoms with Crippen LogP contribution in [0, 0.1) is 0 Å². The van der Waals surface area contributed by atoms with Gasteiger partial charge >= 0.3 is 6.09 Å². The highest BCUT2D eigenvalue weighted by atomic mass is 16.6. The highest BCUT2D eigenvalue weighted by molar-refractivity contribution is 5.85. The van der Waals surface area contributed by atoms with Gasteiger partial charge in [0.05, 0.1) is 13.2 Å². The van der Waals surface area contributed by atoms with E-state index in [1.54, 1.807) is 27.7 Å². The number of carbonyl (C=O) groups is 2. The van der Waals surface area contributed by atoms with Gasteiger partial charge in [0.15, 0.2) is 0 Å². The molecule has 0 saturated carbocycles. The van der Waals surface area contributed by atoms with Crippen LogP contribution in [0.4, 0.5) is 4.79 Å². The van der Waals surface area contributed by atoms with Crippen LogP contribution in [0.5, 0.6) is 0 Å². The van der Waals surface area contributed by atoms with Gasteiger partial charge in [0.1, 0.15) is 11.6 Å². The molecule has 0 radical (unpaired) electrons. The molecule has 0 bridgehead atoms. The number of hydrogen-bond donors (Lipinski definition) is 2. The van der Waals surface area contributed by atoms with Crippen LogP contribution in [-0.4, -0.2) is 60.0 Å². The number of ether oxygens (including phenoxy) is 2. The summed E-state index contributed by atoms with van der Waals surface area (Å²) in [5.74, 6) is -0.266. The lowest BCUT2D eigenvalue weighted by Gasteiger charge is -2.26. The van der Waals surface area contributed by atoms with Crippen molar-refractivity contribution in [3.05, 3.63) is 35.9 Å². The molecule has 0 spiro atoms. The number of carbonyl (C=O) groups excluding carboxylic acids is 2. The van der Waals surface area contributed by atoms with Crippen LogP contribution >= 0.6 is 0 Å². The Bertz CT molecular complexity index is 571. The summed E-state index contributed by atoms with van der Waals surface area (Å²) in [6.07, 6.45) is -0.00365. The number of rotatable bonds is 10. The van der Waals surface area contributed by atoms with E-state index >= 15 is 0 Å². The van der Waals surface area contributed by atoms with E-state index in [-0.39, 0.29) is 19.1 Å². The molecule has 27 heavy (non-hydrogen) atoms. The minimum Gasteiger partial charge on any atom is -0.444 e. The van der Waals surface area contributed by atoms with E-state index < -0.39 is 17.7 Å². The lowest BCUT2D eigenvalue weighted by atomic mass is 10.2. The average molecular weight is 380 g/mol. The fourth-order valence-electron chi connectivity index (χ4n) is 2.39. The second-order valence-electron chi connectivity index (χ2n) is 7.31. The molecule has 0 aliphatic rings. The number of hydrogen-bond acceptors (Lipinski definition) is 5. The molecule has 7 heteroatoms. The highest BCUT2D eigenvalue weighted by Gasteiger charge is 2.24. The Morgan fingerprint density at radius 1 is 1.19 bits per heavy atom. The predicted octanol–water partition coefficient (Wildman–Crippen LogP) is 2.33. The predicted molar refractivity (Wildman–Crippen MR) is 103 cm³/mol. The SMILES string of the molecule is C[C@H](NC(=O)OC(C)(C)C)C(=O)N(CCO)CCCOCc1ccccc1. The zero-order valence-corrected chi connectivity index (χ0v) is 16.7. The van der Waals surface area contributed by atoms with Crippen LogP contribution in [0.25, 0.3) is 0 Å². The summed E-state index contributed by atoms with van der Waals surface area (Å²) >= 11 is 0. The standard InChI is InChI=1S/C20H32N2O5/c1-16(21-19(25)27-20(2,3)4)18(24)22(12-13-23)11-8-14-26-15-17-9-6-5-7-10-17/h5-7,9-10,16,23H,8,11-15H2,1-4H3,(H,21,25)/t16-/m0/s1. The van der Waals surface area contributed by atoms with Crippen molar-refractivity contribution in [3.8, 4) is 0 Å². The molecule has 0 heterocycles. The lowest BCUT2D eigenvalue weighted by Crippen LogP contribution is -2.49. The van der Waals surface area contributed by atoms with E-state index in [4.69, 9.17) is 9.47 Å². The van der Waals surface area contributed by atoms with E-state index in [2.05, 4.69) is 5.32 Å². The van der Waals surface area contributed by atoms with Crippen molar-refractivity contribution >= 4 is 12.0 Å². The maximum Gasteiger partial charge on any atom is 0.408 e. The molecule has 1 aromatic carbocycles.